The highest BCUT2D eigenvalue weighted by Gasteiger charge is 2.30. The lowest BCUT2D eigenvalue weighted by Gasteiger charge is -2.34. The zero-order valence-electron chi connectivity index (χ0n) is 20.5. The van der Waals surface area contributed by atoms with E-state index in [1.165, 1.54) is 10.4 Å². The second-order valence-corrected chi connectivity index (χ2v) is 11.9. The molecule has 0 spiro atoms. The van der Waals surface area contributed by atoms with Gasteiger partial charge >= 0.3 is 0 Å². The Bertz CT molecular complexity index is 1210. The number of nitrogens with zero attached hydrogens (tertiary/aromatic N) is 2. The highest BCUT2D eigenvalue weighted by Crippen LogP contribution is 2.30. The number of fused-ring (bicyclic) bond motifs is 1. The molecule has 1 saturated carbocycles. The Hall–Kier alpha value is -2.19. The maximum absolute atomic E-state index is 13.5. The van der Waals surface area contributed by atoms with Gasteiger partial charge in [-0.15, -0.1) is 0 Å². The zero-order chi connectivity index (χ0) is 24.5. The van der Waals surface area contributed by atoms with Gasteiger partial charge < -0.3 is 9.88 Å². The fraction of sp³-hybridized carbons (Fsp3) is 0.615. The molecule has 2 aliphatic rings. The predicted molar refractivity (Wildman–Crippen MR) is 135 cm³/mol. The van der Waals surface area contributed by atoms with Crippen LogP contribution in [0.1, 0.15) is 76.1 Å². The van der Waals surface area contributed by atoms with Gasteiger partial charge in [0.2, 0.25) is 15.5 Å². The number of aromatic nitrogens is 1. The van der Waals surface area contributed by atoms with Crippen molar-refractivity contribution in [1.29, 1.82) is 0 Å². The smallest absolute Gasteiger partial charge is 0.256 e. The largest absolute Gasteiger partial charge is 0.349 e. The highest BCUT2D eigenvalue weighted by atomic mass is 32.2. The number of hydrogen-bond acceptors (Lipinski definition) is 4. The molecule has 4 rings (SSSR count). The Morgan fingerprint density at radius 3 is 2.44 bits per heavy atom. The van der Waals surface area contributed by atoms with E-state index in [1.807, 2.05) is 11.5 Å². The molecule has 2 aromatic rings. The van der Waals surface area contributed by atoms with Crippen LogP contribution in [0.2, 0.25) is 0 Å². The summed E-state index contributed by atoms with van der Waals surface area (Å²) >= 11 is 0. The third-order valence-corrected chi connectivity index (χ3v) is 9.76. The molecule has 0 radical (unpaired) electrons. The van der Waals surface area contributed by atoms with Crippen LogP contribution in [0.5, 0.6) is 0 Å². The number of carbonyl (C=O) groups is 1. The second-order valence-electron chi connectivity index (χ2n) is 10.0. The molecule has 186 valence electrons. The number of rotatable bonds is 5. The highest BCUT2D eigenvalue weighted by molar-refractivity contribution is 7.89. The van der Waals surface area contributed by atoms with Crippen molar-refractivity contribution in [3.8, 4) is 0 Å². The van der Waals surface area contributed by atoms with Gasteiger partial charge in [0.05, 0.1) is 10.4 Å². The Labute approximate surface area is 202 Å². The molecule has 1 aliphatic heterocycles. The van der Waals surface area contributed by atoms with Crippen LogP contribution in [0.4, 0.5) is 0 Å². The van der Waals surface area contributed by atoms with Crippen molar-refractivity contribution in [2.75, 3.05) is 13.1 Å². The van der Waals surface area contributed by atoms with E-state index in [0.717, 1.165) is 44.9 Å². The van der Waals surface area contributed by atoms with E-state index in [9.17, 15) is 18.0 Å². The molecule has 2 heterocycles. The first-order valence-corrected chi connectivity index (χ1v) is 14.2. The SMILES string of the molecule is CCn1cc(C(=O)N[C@@H]2CCC[C@@H](C)[C@H]2C)c(=O)c2cc(S(=O)(=O)N3CCCCCC3)ccc21. The molecule has 0 bridgehead atoms. The van der Waals surface area contributed by atoms with Crippen LogP contribution in [0.3, 0.4) is 0 Å². The first-order valence-electron chi connectivity index (χ1n) is 12.7. The van der Waals surface area contributed by atoms with E-state index in [4.69, 9.17) is 0 Å². The van der Waals surface area contributed by atoms with Crippen LogP contribution in [-0.2, 0) is 16.6 Å². The van der Waals surface area contributed by atoms with E-state index in [2.05, 4.69) is 19.2 Å². The van der Waals surface area contributed by atoms with Crippen molar-refractivity contribution in [3.63, 3.8) is 0 Å². The van der Waals surface area contributed by atoms with Crippen LogP contribution in [-0.4, -0.2) is 42.3 Å². The van der Waals surface area contributed by atoms with Gasteiger partial charge in [-0.1, -0.05) is 39.5 Å². The lowest BCUT2D eigenvalue weighted by Crippen LogP contribution is -2.45. The van der Waals surface area contributed by atoms with Crippen molar-refractivity contribution in [3.05, 3.63) is 40.2 Å². The molecule has 1 aliphatic carbocycles. The summed E-state index contributed by atoms with van der Waals surface area (Å²) in [6.07, 6.45) is 8.48. The first kappa shape index (κ1) is 24.9. The molecule has 3 atom stereocenters. The van der Waals surface area contributed by atoms with E-state index in [1.54, 1.807) is 18.3 Å². The minimum atomic E-state index is -3.70. The molecule has 0 unspecified atom stereocenters. The molecule has 1 amide bonds. The minimum Gasteiger partial charge on any atom is -0.349 e. The fourth-order valence-corrected chi connectivity index (χ4v) is 6.97. The summed E-state index contributed by atoms with van der Waals surface area (Å²) in [4.78, 5) is 26.8. The molecule has 34 heavy (non-hydrogen) atoms. The first-order chi connectivity index (χ1) is 16.2. The number of benzene rings is 1. The van der Waals surface area contributed by atoms with Gasteiger partial charge in [0.25, 0.3) is 5.91 Å². The summed E-state index contributed by atoms with van der Waals surface area (Å²) in [6, 6.07) is 4.78. The van der Waals surface area contributed by atoms with Crippen molar-refractivity contribution >= 4 is 26.8 Å². The maximum Gasteiger partial charge on any atom is 0.256 e. The van der Waals surface area contributed by atoms with Gasteiger partial charge in [-0.25, -0.2) is 8.42 Å². The molecule has 7 nitrogen and oxygen atoms in total. The summed E-state index contributed by atoms with van der Waals surface area (Å²) in [5.74, 6) is 0.493. The molecular formula is C26H37N3O4S. The summed E-state index contributed by atoms with van der Waals surface area (Å²) in [7, 11) is -3.70. The third-order valence-electron chi connectivity index (χ3n) is 7.86. The Kier molecular flexibility index (Phi) is 7.48. The van der Waals surface area contributed by atoms with Crippen molar-refractivity contribution in [2.24, 2.45) is 11.8 Å². The normalized spacial score (nSPS) is 24.6. The van der Waals surface area contributed by atoms with E-state index < -0.39 is 15.5 Å². The summed E-state index contributed by atoms with van der Waals surface area (Å²) in [5, 5.41) is 3.37. The van der Waals surface area contributed by atoms with Gasteiger partial charge in [-0.2, -0.15) is 4.31 Å². The second kappa shape index (κ2) is 10.2. The van der Waals surface area contributed by atoms with Crippen LogP contribution < -0.4 is 10.7 Å². The lowest BCUT2D eigenvalue weighted by molar-refractivity contribution is 0.0889. The van der Waals surface area contributed by atoms with Crippen molar-refractivity contribution in [2.45, 2.75) is 83.2 Å². The minimum absolute atomic E-state index is 0.0381. The summed E-state index contributed by atoms with van der Waals surface area (Å²) in [6.45, 7) is 7.86. The summed E-state index contributed by atoms with van der Waals surface area (Å²) in [5.41, 5.74) is 0.296. The number of aryl methyl sites for hydroxylation is 1. The quantitative estimate of drug-likeness (QED) is 0.687. The third kappa shape index (κ3) is 4.80. The van der Waals surface area contributed by atoms with Crippen LogP contribution in [0.15, 0.2) is 34.1 Å². The molecule has 1 aromatic carbocycles. The maximum atomic E-state index is 13.5. The Morgan fingerprint density at radius 1 is 1.06 bits per heavy atom. The number of nitrogens with one attached hydrogen (secondary N) is 1. The number of carbonyl (C=O) groups excluding carboxylic acids is 1. The Morgan fingerprint density at radius 2 is 1.76 bits per heavy atom. The average molecular weight is 488 g/mol. The average Bonchev–Trinajstić information content (AvgIpc) is 3.12. The number of hydrogen-bond donors (Lipinski definition) is 1. The van der Waals surface area contributed by atoms with Crippen LogP contribution in [0, 0.1) is 11.8 Å². The zero-order valence-corrected chi connectivity index (χ0v) is 21.4. The van der Waals surface area contributed by atoms with Gasteiger partial charge in [0.1, 0.15) is 5.56 Å². The fourth-order valence-electron chi connectivity index (χ4n) is 5.42. The van der Waals surface area contributed by atoms with E-state index in [-0.39, 0.29) is 27.8 Å². The molecule has 1 N–H and O–H groups in total. The van der Waals surface area contributed by atoms with Crippen LogP contribution in [0.25, 0.3) is 10.9 Å². The molecular weight excluding hydrogens is 450 g/mol. The number of sulfonamides is 1. The van der Waals surface area contributed by atoms with Gasteiger partial charge in [0, 0.05) is 37.3 Å². The lowest BCUT2D eigenvalue weighted by atomic mass is 9.78. The monoisotopic (exact) mass is 487 g/mol. The predicted octanol–water partition coefficient (Wildman–Crippen LogP) is 4.14. The molecule has 2 fully saturated rings. The van der Waals surface area contributed by atoms with Gasteiger partial charge in [-0.3, -0.25) is 9.59 Å². The molecule has 8 heteroatoms. The van der Waals surface area contributed by atoms with Crippen molar-refractivity contribution in [1.82, 2.24) is 14.2 Å². The van der Waals surface area contributed by atoms with Gasteiger partial charge in [-0.05, 0) is 56.2 Å². The number of pyridine rings is 1. The van der Waals surface area contributed by atoms with Gasteiger partial charge in [0.15, 0.2) is 0 Å². The van der Waals surface area contributed by atoms with E-state index >= 15 is 0 Å². The van der Waals surface area contributed by atoms with E-state index in [0.29, 0.717) is 37.0 Å². The topological polar surface area (TPSA) is 88.5 Å². The number of amides is 1. The standard InChI is InChI=1S/C26H37N3O4S/c1-4-28-17-22(26(31)27-23-11-9-10-18(2)19(23)3)25(30)21-16-20(12-13-24(21)28)34(32,33)29-14-7-5-6-8-15-29/h12-13,16-19,23H,4-11,14-15H2,1-3H3,(H,27,31)/t18-,19-,23-/m1/s1. The van der Waals surface area contributed by atoms with Crippen LogP contribution >= 0.6 is 0 Å². The molecule has 1 aromatic heterocycles. The van der Waals surface area contributed by atoms with Crippen molar-refractivity contribution < 1.29 is 13.2 Å². The Balaban J connectivity index is 1.72. The molecule has 1 saturated heterocycles. The summed E-state index contributed by atoms with van der Waals surface area (Å²) < 4.78 is 30.0.